The van der Waals surface area contributed by atoms with Gasteiger partial charge in [0.2, 0.25) is 0 Å². The molecule has 0 aromatic carbocycles. The maximum atomic E-state index is 12.5. The second kappa shape index (κ2) is 7.21. The first kappa shape index (κ1) is 26.3. The third-order valence-corrected chi connectivity index (χ3v) is 16.7. The Hall–Kier alpha value is -0.650. The molecule has 7 rings (SSSR count). The quantitative estimate of drug-likeness (QED) is 0.394. The fourth-order valence-electron chi connectivity index (χ4n) is 14.3. The smallest absolute Gasteiger partial charge is 0.309 e. The van der Waals surface area contributed by atoms with Gasteiger partial charge in [-0.3, -0.25) is 4.79 Å². The highest BCUT2D eigenvalue weighted by Gasteiger charge is 2.83. The highest BCUT2D eigenvalue weighted by Crippen LogP contribution is 2.86. The molecule has 13 unspecified atom stereocenters. The molecular weight excluding hydrogens is 476 g/mol. The monoisotopic (exact) mass is 528 g/mol. The Morgan fingerprint density at radius 3 is 2.21 bits per heavy atom. The summed E-state index contributed by atoms with van der Waals surface area (Å²) in [4.78, 5) is 12.5. The number of hydrogen-bond donors (Lipinski definition) is 3. The number of aliphatic hydroxyl groups is 2. The summed E-state index contributed by atoms with van der Waals surface area (Å²) < 4.78 is 6.31. The second-order valence-electron chi connectivity index (χ2n) is 17.0. The molecule has 2 bridgehead atoms. The van der Waals surface area contributed by atoms with E-state index in [1.807, 2.05) is 6.92 Å². The lowest BCUT2D eigenvalue weighted by atomic mass is 9.22. The maximum absolute atomic E-state index is 12.5. The van der Waals surface area contributed by atoms with Gasteiger partial charge < -0.3 is 20.1 Å². The summed E-state index contributed by atoms with van der Waals surface area (Å²) in [5, 5.41) is 33.5. The van der Waals surface area contributed by atoms with Crippen molar-refractivity contribution in [1.82, 2.24) is 0 Å². The molecule has 7 fully saturated rings. The summed E-state index contributed by atoms with van der Waals surface area (Å²) >= 11 is 0. The number of rotatable bonds is 2. The Morgan fingerprint density at radius 1 is 0.842 bits per heavy atom. The highest BCUT2D eigenvalue weighted by molar-refractivity contribution is 5.74. The van der Waals surface area contributed by atoms with Gasteiger partial charge in [-0.15, -0.1) is 0 Å². The van der Waals surface area contributed by atoms with Crippen molar-refractivity contribution >= 4 is 5.97 Å². The van der Waals surface area contributed by atoms with Gasteiger partial charge in [0.15, 0.2) is 5.79 Å². The van der Waals surface area contributed by atoms with Gasteiger partial charge in [0.05, 0.1) is 18.6 Å². The summed E-state index contributed by atoms with van der Waals surface area (Å²) in [5.41, 5.74) is -0.594. The lowest BCUT2D eigenvalue weighted by molar-refractivity contribution is -0.353. The fourth-order valence-corrected chi connectivity index (χ4v) is 14.3. The van der Waals surface area contributed by atoms with Crippen LogP contribution >= 0.6 is 0 Å². The first-order valence-corrected chi connectivity index (χ1v) is 15.8. The van der Waals surface area contributed by atoms with Crippen LogP contribution in [0.5, 0.6) is 0 Å². The molecule has 5 heteroatoms. The van der Waals surface area contributed by atoms with Crippen molar-refractivity contribution in [3.63, 3.8) is 0 Å². The Morgan fingerprint density at radius 2 is 1.53 bits per heavy atom. The van der Waals surface area contributed by atoms with E-state index in [-0.39, 0.29) is 45.0 Å². The normalized spacial score (nSPS) is 64.4. The average molecular weight is 529 g/mol. The van der Waals surface area contributed by atoms with Gasteiger partial charge in [0, 0.05) is 23.2 Å². The maximum Gasteiger partial charge on any atom is 0.309 e. The minimum absolute atomic E-state index is 0.00102. The molecule has 1 heterocycles. The Bertz CT molecular complexity index is 1080. The van der Waals surface area contributed by atoms with Crippen LogP contribution in [0.15, 0.2) is 0 Å². The van der Waals surface area contributed by atoms with Crippen molar-refractivity contribution in [3.8, 4) is 0 Å². The van der Waals surface area contributed by atoms with E-state index in [1.165, 1.54) is 12.8 Å². The van der Waals surface area contributed by atoms with Crippen molar-refractivity contribution in [1.29, 1.82) is 0 Å². The van der Waals surface area contributed by atoms with Gasteiger partial charge in [-0.25, -0.2) is 0 Å². The minimum atomic E-state index is -1.04. The van der Waals surface area contributed by atoms with E-state index in [4.69, 9.17) is 4.74 Å². The molecule has 38 heavy (non-hydrogen) atoms. The Balaban J connectivity index is 1.38. The summed E-state index contributed by atoms with van der Waals surface area (Å²) in [6, 6.07) is 0. The zero-order chi connectivity index (χ0) is 27.4. The number of carboxylic acids is 1. The fraction of sp³-hybridized carbons (Fsp3) is 0.970. The lowest BCUT2D eigenvalue weighted by Gasteiger charge is -2.81. The molecule has 6 saturated carbocycles. The Kier molecular flexibility index (Phi) is 4.99. The molecule has 6 aliphatic carbocycles. The molecule has 214 valence electrons. The topological polar surface area (TPSA) is 87.0 Å². The number of carboxylic acid groups (broad SMARTS) is 1. The van der Waals surface area contributed by atoms with Crippen LogP contribution in [0.25, 0.3) is 0 Å². The summed E-state index contributed by atoms with van der Waals surface area (Å²) in [6.07, 6.45) is 11.2. The lowest BCUT2D eigenvalue weighted by Crippen LogP contribution is -2.78. The molecule has 0 radical (unpaired) electrons. The zero-order valence-electron chi connectivity index (χ0n) is 24.7. The van der Waals surface area contributed by atoms with Crippen LogP contribution in [0.4, 0.5) is 0 Å². The van der Waals surface area contributed by atoms with Crippen molar-refractivity contribution < 1.29 is 24.9 Å². The highest BCUT2D eigenvalue weighted by atomic mass is 16.6. The van der Waals surface area contributed by atoms with Crippen LogP contribution in [-0.4, -0.2) is 40.3 Å². The standard InChI is InChI=1S/C33H52O5/c1-20-31-10-9-23-28(4)14-13-26(2)11-12-27(3,25(35)36)17-24(26)29(28,5)15-21-7-8-22(16-33(20,37)38-19-31)32(31,18-34)30(21,23)6/h20-24,34,37H,7-19H2,1-6H3,(H,35,36). The van der Waals surface area contributed by atoms with Gasteiger partial charge in [0.1, 0.15) is 0 Å². The van der Waals surface area contributed by atoms with Gasteiger partial charge in [-0.1, -0.05) is 34.6 Å². The van der Waals surface area contributed by atoms with Crippen LogP contribution in [0.2, 0.25) is 0 Å². The molecule has 1 spiro atoms. The summed E-state index contributed by atoms with van der Waals surface area (Å²) in [7, 11) is 0. The second-order valence-corrected chi connectivity index (χ2v) is 17.0. The SMILES string of the molecule is CC1C2(O)CC3CCC4CC5(C)C6CC(C)(C(=O)O)CCC6(C)CCC5(C)C5CCC1(CO2)C3(CO)C45C. The van der Waals surface area contributed by atoms with Crippen LogP contribution in [0.3, 0.4) is 0 Å². The van der Waals surface area contributed by atoms with Gasteiger partial charge >= 0.3 is 5.97 Å². The minimum Gasteiger partial charge on any atom is -0.481 e. The molecular formula is C33H52O5. The molecule has 0 amide bonds. The number of aliphatic hydroxyl groups excluding tert-OH is 1. The molecule has 5 nitrogen and oxygen atoms in total. The number of fused-ring (bicyclic) bond motifs is 5. The summed E-state index contributed by atoms with van der Waals surface area (Å²) in [5.74, 6) is 0.124. The first-order valence-electron chi connectivity index (χ1n) is 15.8. The molecule has 1 saturated heterocycles. The van der Waals surface area contributed by atoms with Crippen molar-refractivity contribution in [2.24, 2.45) is 67.5 Å². The first-order chi connectivity index (χ1) is 17.6. The molecule has 7 aliphatic rings. The van der Waals surface area contributed by atoms with Gasteiger partial charge in [-0.2, -0.15) is 0 Å². The molecule has 1 aliphatic heterocycles. The van der Waals surface area contributed by atoms with E-state index in [1.54, 1.807) is 0 Å². The van der Waals surface area contributed by atoms with E-state index >= 15 is 0 Å². The van der Waals surface area contributed by atoms with Crippen LogP contribution in [0, 0.1) is 67.5 Å². The number of carbonyl (C=O) groups is 1. The number of aliphatic carboxylic acids is 1. The number of hydrogen-bond acceptors (Lipinski definition) is 4. The van der Waals surface area contributed by atoms with E-state index in [0.29, 0.717) is 36.7 Å². The van der Waals surface area contributed by atoms with Crippen LogP contribution < -0.4 is 0 Å². The van der Waals surface area contributed by atoms with Gasteiger partial charge in [-0.05, 0) is 116 Å². The predicted octanol–water partition coefficient (Wildman–Crippen LogP) is 6.26. The van der Waals surface area contributed by atoms with Crippen molar-refractivity contribution in [3.05, 3.63) is 0 Å². The Labute approximate surface area is 229 Å². The summed E-state index contributed by atoms with van der Waals surface area (Å²) in [6.45, 7) is 15.2. The van der Waals surface area contributed by atoms with E-state index < -0.39 is 17.2 Å². The van der Waals surface area contributed by atoms with E-state index in [9.17, 15) is 20.1 Å². The largest absolute Gasteiger partial charge is 0.481 e. The number of ether oxygens (including phenoxy) is 1. The molecule has 0 aromatic heterocycles. The molecule has 0 aromatic rings. The third kappa shape index (κ3) is 2.45. The van der Waals surface area contributed by atoms with E-state index in [0.717, 1.165) is 51.4 Å². The zero-order valence-corrected chi connectivity index (χ0v) is 24.7. The van der Waals surface area contributed by atoms with E-state index in [2.05, 4.69) is 34.6 Å². The predicted molar refractivity (Wildman–Crippen MR) is 145 cm³/mol. The average Bonchev–Trinajstić information content (AvgIpc) is 3.03. The third-order valence-electron chi connectivity index (χ3n) is 16.7. The van der Waals surface area contributed by atoms with Crippen LogP contribution in [0.1, 0.15) is 112 Å². The molecule has 3 N–H and O–H groups in total. The van der Waals surface area contributed by atoms with Crippen molar-refractivity contribution in [2.45, 2.75) is 118 Å². The van der Waals surface area contributed by atoms with Crippen LogP contribution in [-0.2, 0) is 9.53 Å². The van der Waals surface area contributed by atoms with Crippen molar-refractivity contribution in [2.75, 3.05) is 13.2 Å². The van der Waals surface area contributed by atoms with Gasteiger partial charge in [0.25, 0.3) is 0 Å². The molecule has 13 atom stereocenters.